The molecule has 0 unspecified atom stereocenters. The summed E-state index contributed by atoms with van der Waals surface area (Å²) >= 11 is 1.76. The van der Waals surface area contributed by atoms with E-state index in [2.05, 4.69) is 60.7 Å². The van der Waals surface area contributed by atoms with Crippen LogP contribution in [0.25, 0.3) is 11.0 Å². The summed E-state index contributed by atoms with van der Waals surface area (Å²) in [7, 11) is 1.82. The highest BCUT2D eigenvalue weighted by Gasteiger charge is 2.06. The first-order chi connectivity index (χ1) is 13.7. The number of thiazole rings is 1. The number of aryl methyl sites for hydroxylation is 4. The maximum Gasteiger partial charge on any atom is 0.190 e. The van der Waals surface area contributed by atoms with Crippen molar-refractivity contribution in [1.82, 2.24) is 25.2 Å². The lowest BCUT2D eigenvalue weighted by atomic mass is 10.2. The van der Waals surface area contributed by atoms with Crippen molar-refractivity contribution in [3.05, 3.63) is 46.2 Å². The van der Waals surface area contributed by atoms with Gasteiger partial charge in [0.2, 0.25) is 0 Å². The fraction of sp³-hybridized carbons (Fsp3) is 0.476. The first-order valence-electron chi connectivity index (χ1n) is 9.95. The highest BCUT2D eigenvalue weighted by molar-refractivity contribution is 7.09. The van der Waals surface area contributed by atoms with Crippen LogP contribution in [0.5, 0.6) is 0 Å². The number of fused-ring (bicyclic) bond motifs is 1. The summed E-state index contributed by atoms with van der Waals surface area (Å²) in [6.07, 6.45) is 4.33. The summed E-state index contributed by atoms with van der Waals surface area (Å²) in [5.74, 6) is 1.94. The number of nitrogens with one attached hydrogen (secondary N) is 2. The molecule has 0 bridgehead atoms. The maximum atomic E-state index is 4.63. The van der Waals surface area contributed by atoms with Crippen molar-refractivity contribution in [3.63, 3.8) is 0 Å². The third-order valence-corrected chi connectivity index (χ3v) is 5.72. The normalized spacial score (nSPS) is 11.9. The van der Waals surface area contributed by atoms with Crippen molar-refractivity contribution in [2.75, 3.05) is 20.1 Å². The van der Waals surface area contributed by atoms with E-state index in [1.807, 2.05) is 20.0 Å². The van der Waals surface area contributed by atoms with E-state index in [9.17, 15) is 0 Å². The van der Waals surface area contributed by atoms with Gasteiger partial charge in [0.25, 0.3) is 0 Å². The van der Waals surface area contributed by atoms with Gasteiger partial charge in [-0.15, -0.1) is 11.3 Å². The van der Waals surface area contributed by atoms with Gasteiger partial charge in [0.1, 0.15) is 5.82 Å². The van der Waals surface area contributed by atoms with Crippen LogP contribution in [0.3, 0.4) is 0 Å². The average Bonchev–Trinajstić information content (AvgIpc) is 3.25. The number of rotatable bonds is 9. The molecule has 150 valence electrons. The standard InChI is InChI=1S/C21H30N6S/c1-16-15-28-20(25-16)11-6-7-12-23-21(22-3)24-13-8-14-27-17(2)26-18-9-4-5-10-19(18)27/h4-5,9-10,15H,6-8,11-14H2,1-3H3,(H2,22,23,24). The van der Waals surface area contributed by atoms with Gasteiger partial charge in [-0.1, -0.05) is 12.1 Å². The summed E-state index contributed by atoms with van der Waals surface area (Å²) < 4.78 is 2.29. The quantitative estimate of drug-likeness (QED) is 0.328. The minimum Gasteiger partial charge on any atom is -0.356 e. The van der Waals surface area contributed by atoms with Gasteiger partial charge < -0.3 is 15.2 Å². The molecule has 0 atom stereocenters. The van der Waals surface area contributed by atoms with Gasteiger partial charge in [0.05, 0.1) is 16.0 Å². The van der Waals surface area contributed by atoms with E-state index in [1.165, 1.54) is 10.5 Å². The summed E-state index contributed by atoms with van der Waals surface area (Å²) in [4.78, 5) is 13.5. The van der Waals surface area contributed by atoms with Crippen molar-refractivity contribution < 1.29 is 0 Å². The van der Waals surface area contributed by atoms with Gasteiger partial charge in [-0.2, -0.15) is 0 Å². The average molecular weight is 399 g/mol. The number of aliphatic imine (C=N–C) groups is 1. The molecule has 0 aliphatic heterocycles. The number of imidazole rings is 1. The molecule has 28 heavy (non-hydrogen) atoms. The van der Waals surface area contributed by atoms with Crippen molar-refractivity contribution in [2.45, 2.75) is 46.1 Å². The summed E-state index contributed by atoms with van der Waals surface area (Å²) in [5, 5.41) is 10.2. The largest absolute Gasteiger partial charge is 0.356 e. The molecule has 0 aliphatic rings. The van der Waals surface area contributed by atoms with Crippen LogP contribution in [0.2, 0.25) is 0 Å². The Kier molecular flexibility index (Phi) is 7.42. The first kappa shape index (κ1) is 20.3. The number of benzene rings is 1. The molecule has 0 saturated carbocycles. The highest BCUT2D eigenvalue weighted by Crippen LogP contribution is 2.15. The van der Waals surface area contributed by atoms with E-state index in [1.54, 1.807) is 11.3 Å². The predicted octanol–water partition coefficient (Wildman–Crippen LogP) is 3.69. The van der Waals surface area contributed by atoms with Crippen molar-refractivity contribution in [2.24, 2.45) is 4.99 Å². The summed E-state index contributed by atoms with van der Waals surface area (Å²) in [5.41, 5.74) is 3.40. The van der Waals surface area contributed by atoms with E-state index < -0.39 is 0 Å². The molecule has 0 spiro atoms. The molecule has 6 nitrogen and oxygen atoms in total. The zero-order valence-corrected chi connectivity index (χ0v) is 17.9. The minimum atomic E-state index is 0.873. The Balaban J connectivity index is 1.33. The van der Waals surface area contributed by atoms with Gasteiger partial charge in [0, 0.05) is 37.8 Å². The molecule has 7 heteroatoms. The molecule has 3 aromatic rings. The van der Waals surface area contributed by atoms with Crippen LogP contribution in [0, 0.1) is 13.8 Å². The van der Waals surface area contributed by atoms with Gasteiger partial charge >= 0.3 is 0 Å². The fourth-order valence-electron chi connectivity index (χ4n) is 3.27. The molecule has 1 aromatic carbocycles. The molecule has 0 radical (unpaired) electrons. The van der Waals surface area contributed by atoms with Gasteiger partial charge in [0.15, 0.2) is 5.96 Å². The number of unbranched alkanes of at least 4 members (excludes halogenated alkanes) is 1. The monoisotopic (exact) mass is 398 g/mol. The lowest BCUT2D eigenvalue weighted by molar-refractivity contribution is 0.621. The molecule has 0 fully saturated rings. The second kappa shape index (κ2) is 10.2. The Hall–Kier alpha value is -2.41. The van der Waals surface area contributed by atoms with Gasteiger partial charge in [-0.3, -0.25) is 4.99 Å². The predicted molar refractivity (Wildman–Crippen MR) is 118 cm³/mol. The Labute approximate surface area is 171 Å². The fourth-order valence-corrected chi connectivity index (χ4v) is 4.09. The van der Waals surface area contributed by atoms with Crippen LogP contribution in [0.4, 0.5) is 0 Å². The number of guanidine groups is 1. The Bertz CT molecular complexity index is 911. The Morgan fingerprint density at radius 2 is 1.86 bits per heavy atom. The summed E-state index contributed by atoms with van der Waals surface area (Å²) in [6, 6.07) is 8.31. The molecule has 2 aromatic heterocycles. The lowest BCUT2D eigenvalue weighted by Gasteiger charge is -2.12. The van der Waals surface area contributed by atoms with Crippen LogP contribution in [-0.2, 0) is 13.0 Å². The SMILES string of the molecule is CN=C(NCCCCc1nc(C)cs1)NCCCn1c(C)nc2ccccc21. The van der Waals surface area contributed by atoms with Crippen LogP contribution in [-0.4, -0.2) is 40.6 Å². The molecular formula is C21H30N6S. The number of hydrogen-bond donors (Lipinski definition) is 2. The van der Waals surface area contributed by atoms with Crippen molar-refractivity contribution in [3.8, 4) is 0 Å². The second-order valence-corrected chi connectivity index (χ2v) is 7.86. The van der Waals surface area contributed by atoms with Gasteiger partial charge in [-0.05, 0) is 51.7 Å². The van der Waals surface area contributed by atoms with Crippen molar-refractivity contribution in [1.29, 1.82) is 0 Å². The van der Waals surface area contributed by atoms with Gasteiger partial charge in [-0.25, -0.2) is 9.97 Å². The number of hydrogen-bond acceptors (Lipinski definition) is 4. The molecule has 3 rings (SSSR count). The van der Waals surface area contributed by atoms with E-state index in [-0.39, 0.29) is 0 Å². The van der Waals surface area contributed by atoms with E-state index in [0.29, 0.717) is 0 Å². The van der Waals surface area contributed by atoms with Crippen LogP contribution >= 0.6 is 11.3 Å². The molecule has 0 aliphatic carbocycles. The zero-order chi connectivity index (χ0) is 19.8. The number of nitrogens with zero attached hydrogens (tertiary/aromatic N) is 4. The zero-order valence-electron chi connectivity index (χ0n) is 17.0. The molecule has 2 N–H and O–H groups in total. The van der Waals surface area contributed by atoms with Crippen LogP contribution in [0.15, 0.2) is 34.6 Å². The smallest absolute Gasteiger partial charge is 0.190 e. The maximum absolute atomic E-state index is 4.63. The van der Waals surface area contributed by atoms with Crippen LogP contribution in [0.1, 0.15) is 35.8 Å². The Morgan fingerprint density at radius 3 is 2.61 bits per heavy atom. The molecule has 0 amide bonds. The molecular weight excluding hydrogens is 368 g/mol. The first-order valence-corrected chi connectivity index (χ1v) is 10.8. The van der Waals surface area contributed by atoms with E-state index in [0.717, 1.165) is 68.3 Å². The molecule has 2 heterocycles. The lowest BCUT2D eigenvalue weighted by Crippen LogP contribution is -2.38. The summed E-state index contributed by atoms with van der Waals surface area (Å²) in [6.45, 7) is 6.87. The Morgan fingerprint density at radius 1 is 1.07 bits per heavy atom. The third kappa shape index (κ3) is 5.55. The second-order valence-electron chi connectivity index (χ2n) is 6.92. The van der Waals surface area contributed by atoms with Crippen LogP contribution < -0.4 is 10.6 Å². The van der Waals surface area contributed by atoms with Crippen molar-refractivity contribution >= 4 is 28.3 Å². The topological polar surface area (TPSA) is 67.1 Å². The number of para-hydroxylation sites is 2. The van der Waals surface area contributed by atoms with E-state index in [4.69, 9.17) is 0 Å². The number of aromatic nitrogens is 3. The third-order valence-electron chi connectivity index (χ3n) is 4.70. The molecule has 0 saturated heterocycles. The highest BCUT2D eigenvalue weighted by atomic mass is 32.1. The van der Waals surface area contributed by atoms with E-state index >= 15 is 0 Å². The minimum absolute atomic E-state index is 0.873.